The van der Waals surface area contributed by atoms with Crippen LogP contribution >= 0.6 is 0 Å². The Hall–Kier alpha value is -2.54. The topological polar surface area (TPSA) is 55.1 Å². The van der Waals surface area contributed by atoms with Crippen LogP contribution in [0.2, 0.25) is 0 Å². The number of hydrogen-bond donors (Lipinski definition) is 0. The third kappa shape index (κ3) is 2.25. The van der Waals surface area contributed by atoms with E-state index in [2.05, 4.69) is 11.1 Å². The lowest BCUT2D eigenvalue weighted by Crippen LogP contribution is -1.93. The molecular formula is C14H12N2O2. The lowest BCUT2D eigenvalue weighted by atomic mass is 10.1. The van der Waals surface area contributed by atoms with Crippen LogP contribution in [0.3, 0.4) is 0 Å². The van der Waals surface area contributed by atoms with E-state index in [1.807, 2.05) is 12.1 Å². The third-order valence-corrected chi connectivity index (χ3v) is 2.58. The first kappa shape index (κ1) is 11.9. The van der Waals surface area contributed by atoms with Crippen LogP contribution in [0, 0.1) is 11.3 Å². The number of aromatic nitrogens is 1. The van der Waals surface area contributed by atoms with Crippen molar-refractivity contribution in [3.05, 3.63) is 42.1 Å². The normalized spacial score (nSPS) is 9.61. The summed E-state index contributed by atoms with van der Waals surface area (Å²) in [5.74, 6) is 1.22. The summed E-state index contributed by atoms with van der Waals surface area (Å²) in [5.41, 5.74) is 2.33. The van der Waals surface area contributed by atoms with Crippen molar-refractivity contribution in [3.63, 3.8) is 0 Å². The average molecular weight is 240 g/mol. The maximum atomic E-state index is 8.75. The molecule has 0 bridgehead atoms. The van der Waals surface area contributed by atoms with Gasteiger partial charge in [-0.05, 0) is 12.1 Å². The monoisotopic (exact) mass is 240 g/mol. The summed E-state index contributed by atoms with van der Waals surface area (Å²) in [4.78, 5) is 4.30. The highest BCUT2D eigenvalue weighted by atomic mass is 16.5. The zero-order valence-electron chi connectivity index (χ0n) is 10.2. The lowest BCUT2D eigenvalue weighted by molar-refractivity contribution is 0.353. The van der Waals surface area contributed by atoms with Crippen LogP contribution in [0.5, 0.6) is 11.5 Å². The smallest absolute Gasteiger partial charge is 0.179 e. The second kappa shape index (κ2) is 5.19. The predicted octanol–water partition coefficient (Wildman–Crippen LogP) is 2.64. The molecule has 0 radical (unpaired) electrons. The highest BCUT2D eigenvalue weighted by molar-refractivity contribution is 5.63. The molecule has 4 nitrogen and oxygen atoms in total. The Morgan fingerprint density at radius 2 is 1.72 bits per heavy atom. The first-order chi connectivity index (χ1) is 8.78. The molecular weight excluding hydrogens is 228 g/mol. The molecule has 0 unspecified atom stereocenters. The van der Waals surface area contributed by atoms with E-state index in [0.29, 0.717) is 17.1 Å². The molecule has 90 valence electrons. The summed E-state index contributed by atoms with van der Waals surface area (Å²) >= 11 is 0. The molecule has 0 aliphatic rings. The van der Waals surface area contributed by atoms with Crippen LogP contribution in [-0.2, 0) is 0 Å². The van der Waals surface area contributed by atoms with Crippen molar-refractivity contribution in [2.45, 2.75) is 0 Å². The van der Waals surface area contributed by atoms with Crippen molar-refractivity contribution in [1.82, 2.24) is 4.98 Å². The predicted molar refractivity (Wildman–Crippen MR) is 67.5 cm³/mol. The minimum absolute atomic E-state index is 0.592. The fourth-order valence-corrected chi connectivity index (χ4v) is 1.61. The Morgan fingerprint density at radius 1 is 1.06 bits per heavy atom. The van der Waals surface area contributed by atoms with Crippen molar-refractivity contribution in [3.8, 4) is 28.8 Å². The van der Waals surface area contributed by atoms with Crippen molar-refractivity contribution >= 4 is 0 Å². The molecule has 0 saturated carbocycles. The highest BCUT2D eigenvalue weighted by Crippen LogP contribution is 2.30. The third-order valence-electron chi connectivity index (χ3n) is 2.58. The van der Waals surface area contributed by atoms with Crippen LogP contribution in [0.1, 0.15) is 5.56 Å². The van der Waals surface area contributed by atoms with Crippen molar-refractivity contribution in [2.24, 2.45) is 0 Å². The van der Waals surface area contributed by atoms with Gasteiger partial charge in [0.15, 0.2) is 11.5 Å². The van der Waals surface area contributed by atoms with Gasteiger partial charge in [0.1, 0.15) is 0 Å². The SMILES string of the molecule is COc1cnc(-c2ccc(C#N)cc2)cc1OC. The van der Waals surface area contributed by atoms with E-state index >= 15 is 0 Å². The minimum atomic E-state index is 0.592. The number of rotatable bonds is 3. The molecule has 1 heterocycles. The molecule has 4 heteroatoms. The van der Waals surface area contributed by atoms with E-state index in [-0.39, 0.29) is 0 Å². The van der Waals surface area contributed by atoms with Gasteiger partial charge in [-0.25, -0.2) is 0 Å². The van der Waals surface area contributed by atoms with E-state index in [9.17, 15) is 0 Å². The molecule has 1 aromatic carbocycles. The first-order valence-electron chi connectivity index (χ1n) is 5.37. The van der Waals surface area contributed by atoms with Gasteiger partial charge in [0.25, 0.3) is 0 Å². The number of nitrogens with zero attached hydrogens (tertiary/aromatic N) is 2. The van der Waals surface area contributed by atoms with Gasteiger partial charge >= 0.3 is 0 Å². The number of benzene rings is 1. The summed E-state index contributed by atoms with van der Waals surface area (Å²) in [6.07, 6.45) is 1.62. The molecule has 18 heavy (non-hydrogen) atoms. The Morgan fingerprint density at radius 3 is 2.28 bits per heavy atom. The molecule has 1 aromatic heterocycles. The van der Waals surface area contributed by atoms with Gasteiger partial charge in [-0.1, -0.05) is 12.1 Å². The molecule has 2 rings (SSSR count). The van der Waals surface area contributed by atoms with Crippen molar-refractivity contribution in [2.75, 3.05) is 14.2 Å². The molecule has 0 N–H and O–H groups in total. The maximum Gasteiger partial charge on any atom is 0.179 e. The van der Waals surface area contributed by atoms with Gasteiger partial charge in [0.2, 0.25) is 0 Å². The summed E-state index contributed by atoms with van der Waals surface area (Å²) < 4.78 is 10.4. The van der Waals surface area contributed by atoms with Crippen molar-refractivity contribution in [1.29, 1.82) is 5.26 Å². The second-order valence-corrected chi connectivity index (χ2v) is 3.61. The van der Waals surface area contributed by atoms with E-state index in [1.165, 1.54) is 0 Å². The number of methoxy groups -OCH3 is 2. The number of nitriles is 1. The van der Waals surface area contributed by atoms with Gasteiger partial charge in [0, 0.05) is 11.6 Å². The van der Waals surface area contributed by atoms with Gasteiger partial charge < -0.3 is 9.47 Å². The Balaban J connectivity index is 2.41. The van der Waals surface area contributed by atoms with Gasteiger partial charge in [-0.15, -0.1) is 0 Å². The summed E-state index contributed by atoms with van der Waals surface area (Å²) in [6, 6.07) is 11.1. The molecule has 0 amide bonds. The van der Waals surface area contributed by atoms with E-state index in [1.54, 1.807) is 38.6 Å². The number of ether oxygens (including phenoxy) is 2. The van der Waals surface area contributed by atoms with Crippen LogP contribution in [-0.4, -0.2) is 19.2 Å². The maximum absolute atomic E-state index is 8.75. The largest absolute Gasteiger partial charge is 0.493 e. The zero-order chi connectivity index (χ0) is 13.0. The molecule has 0 atom stereocenters. The Labute approximate surface area is 105 Å². The Bertz CT molecular complexity index is 586. The fourth-order valence-electron chi connectivity index (χ4n) is 1.61. The molecule has 0 fully saturated rings. The van der Waals surface area contributed by atoms with Gasteiger partial charge in [-0.3, -0.25) is 4.98 Å². The summed E-state index contributed by atoms with van der Waals surface area (Å²) in [6.45, 7) is 0. The number of pyridine rings is 1. The molecule has 0 spiro atoms. The van der Waals surface area contributed by atoms with Crippen LogP contribution in [0.15, 0.2) is 36.5 Å². The van der Waals surface area contributed by atoms with E-state index in [0.717, 1.165) is 11.3 Å². The molecule has 0 aliphatic heterocycles. The second-order valence-electron chi connectivity index (χ2n) is 3.61. The fraction of sp³-hybridized carbons (Fsp3) is 0.143. The van der Waals surface area contributed by atoms with Gasteiger partial charge in [0.05, 0.1) is 37.7 Å². The van der Waals surface area contributed by atoms with Gasteiger partial charge in [-0.2, -0.15) is 5.26 Å². The summed E-state index contributed by atoms with van der Waals surface area (Å²) in [7, 11) is 3.15. The first-order valence-corrected chi connectivity index (χ1v) is 5.37. The molecule has 2 aromatic rings. The lowest BCUT2D eigenvalue weighted by Gasteiger charge is -2.08. The van der Waals surface area contributed by atoms with Crippen LogP contribution in [0.4, 0.5) is 0 Å². The minimum Gasteiger partial charge on any atom is -0.493 e. The standard InChI is InChI=1S/C14H12N2O2/c1-17-13-7-12(16-9-14(13)18-2)11-5-3-10(8-15)4-6-11/h3-7,9H,1-2H3. The van der Waals surface area contributed by atoms with Crippen LogP contribution < -0.4 is 9.47 Å². The quantitative estimate of drug-likeness (QED) is 0.827. The average Bonchev–Trinajstić information content (AvgIpc) is 2.46. The van der Waals surface area contributed by atoms with E-state index < -0.39 is 0 Å². The molecule has 0 saturated heterocycles. The van der Waals surface area contributed by atoms with Crippen LogP contribution in [0.25, 0.3) is 11.3 Å². The van der Waals surface area contributed by atoms with E-state index in [4.69, 9.17) is 14.7 Å². The number of hydrogen-bond acceptors (Lipinski definition) is 4. The summed E-state index contributed by atoms with van der Waals surface area (Å²) in [5, 5.41) is 8.75. The highest BCUT2D eigenvalue weighted by Gasteiger charge is 2.07. The van der Waals surface area contributed by atoms with Crippen molar-refractivity contribution < 1.29 is 9.47 Å². The Kier molecular flexibility index (Phi) is 3.44. The molecule has 0 aliphatic carbocycles. The zero-order valence-corrected chi connectivity index (χ0v) is 10.2.